The Morgan fingerprint density at radius 1 is 1.10 bits per heavy atom. The van der Waals surface area contributed by atoms with Gasteiger partial charge in [0.15, 0.2) is 5.13 Å². The van der Waals surface area contributed by atoms with E-state index in [0.29, 0.717) is 12.3 Å². The number of aromatic nitrogens is 1. The molecule has 1 heterocycles. The minimum Gasteiger partial charge on any atom is -0.326 e. The fraction of sp³-hybridized carbons (Fsp3) is 0.360. The maximum Gasteiger partial charge on any atom is 0.224 e. The van der Waals surface area contributed by atoms with Crippen LogP contribution in [0.5, 0.6) is 0 Å². The van der Waals surface area contributed by atoms with Crippen molar-refractivity contribution in [1.29, 1.82) is 0 Å². The number of hydrogen-bond acceptors (Lipinski definition) is 4. The molecule has 3 rings (SSSR count). The molecule has 0 aliphatic carbocycles. The number of amides is 1. The molecule has 0 spiro atoms. The molecule has 0 saturated carbocycles. The van der Waals surface area contributed by atoms with E-state index in [0.717, 1.165) is 34.2 Å². The van der Waals surface area contributed by atoms with Gasteiger partial charge in [-0.25, -0.2) is 4.98 Å². The van der Waals surface area contributed by atoms with Gasteiger partial charge in [0, 0.05) is 35.8 Å². The number of carbonyl (C=O) groups excluding carboxylic acids is 1. The van der Waals surface area contributed by atoms with Crippen LogP contribution >= 0.6 is 11.3 Å². The van der Waals surface area contributed by atoms with Gasteiger partial charge in [0.25, 0.3) is 0 Å². The van der Waals surface area contributed by atoms with Gasteiger partial charge in [0.05, 0.1) is 5.69 Å². The minimum atomic E-state index is 0.0694. The molecule has 0 bridgehead atoms. The molecule has 3 aromatic rings. The summed E-state index contributed by atoms with van der Waals surface area (Å²) in [5.74, 6) is 0.430. The zero-order chi connectivity index (χ0) is 21.7. The molecule has 0 unspecified atom stereocenters. The molecule has 2 aromatic carbocycles. The average Bonchev–Trinajstić information content (AvgIpc) is 3.17. The van der Waals surface area contributed by atoms with Crippen LogP contribution in [0.2, 0.25) is 0 Å². The topological polar surface area (TPSA) is 45.2 Å². The largest absolute Gasteiger partial charge is 0.326 e. The van der Waals surface area contributed by atoms with E-state index in [9.17, 15) is 4.79 Å². The third kappa shape index (κ3) is 6.17. The first-order valence-corrected chi connectivity index (χ1v) is 11.2. The Bertz CT molecular complexity index is 958. The molecule has 0 radical (unpaired) electrons. The van der Waals surface area contributed by atoms with E-state index >= 15 is 0 Å². The number of carbonyl (C=O) groups is 1. The van der Waals surface area contributed by atoms with Crippen LogP contribution in [0.15, 0.2) is 60.0 Å². The van der Waals surface area contributed by atoms with Gasteiger partial charge < -0.3 is 10.2 Å². The molecule has 1 atom stereocenters. The molecular formula is C25H31N3OS. The van der Waals surface area contributed by atoms with E-state index in [2.05, 4.69) is 55.4 Å². The highest BCUT2D eigenvalue weighted by Crippen LogP contribution is 2.31. The lowest BCUT2D eigenvalue weighted by atomic mass is 9.84. The number of nitrogens with one attached hydrogen (secondary N) is 1. The van der Waals surface area contributed by atoms with Crippen LogP contribution in [0, 0.1) is 11.3 Å². The van der Waals surface area contributed by atoms with Crippen LogP contribution in [0.4, 0.5) is 16.5 Å². The summed E-state index contributed by atoms with van der Waals surface area (Å²) in [6, 6.07) is 18.1. The highest BCUT2D eigenvalue weighted by atomic mass is 32.1. The number of thiazole rings is 1. The molecule has 0 saturated heterocycles. The summed E-state index contributed by atoms with van der Waals surface area (Å²) in [6.45, 7) is 8.77. The van der Waals surface area contributed by atoms with Crippen LogP contribution in [0.25, 0.3) is 11.3 Å². The van der Waals surface area contributed by atoms with Gasteiger partial charge in [-0.05, 0) is 42.0 Å². The molecule has 4 nitrogen and oxygen atoms in total. The number of rotatable bonds is 7. The molecular weight excluding hydrogens is 390 g/mol. The Morgan fingerprint density at radius 3 is 2.40 bits per heavy atom. The molecule has 0 fully saturated rings. The second-order valence-corrected chi connectivity index (χ2v) is 9.95. The molecule has 0 aliphatic rings. The predicted molar refractivity (Wildman–Crippen MR) is 129 cm³/mol. The Hall–Kier alpha value is -2.66. The molecule has 30 heavy (non-hydrogen) atoms. The Labute approximate surface area is 184 Å². The van der Waals surface area contributed by atoms with E-state index < -0.39 is 0 Å². The summed E-state index contributed by atoms with van der Waals surface area (Å²) in [6.07, 6.45) is 1.57. The lowest BCUT2D eigenvalue weighted by Crippen LogP contribution is -2.18. The molecule has 5 heteroatoms. The minimum absolute atomic E-state index is 0.0694. The number of hydrogen-bond donors (Lipinski definition) is 1. The van der Waals surface area contributed by atoms with Crippen molar-refractivity contribution >= 4 is 33.8 Å². The fourth-order valence-corrected chi connectivity index (χ4v) is 4.50. The Morgan fingerprint density at radius 2 is 1.77 bits per heavy atom. The van der Waals surface area contributed by atoms with Crippen molar-refractivity contribution in [2.24, 2.45) is 11.3 Å². The first kappa shape index (κ1) is 22.0. The predicted octanol–water partition coefficient (Wildman–Crippen LogP) is 6.98. The summed E-state index contributed by atoms with van der Waals surface area (Å²) in [4.78, 5) is 19.2. The maximum atomic E-state index is 12.3. The lowest BCUT2D eigenvalue weighted by molar-refractivity contribution is -0.117. The summed E-state index contributed by atoms with van der Waals surface area (Å²) in [5, 5.41) is 6.03. The second kappa shape index (κ2) is 9.43. The van der Waals surface area contributed by atoms with Crippen molar-refractivity contribution in [1.82, 2.24) is 4.98 Å². The van der Waals surface area contributed by atoms with Gasteiger partial charge in [-0.1, -0.05) is 58.0 Å². The fourth-order valence-electron chi connectivity index (χ4n) is 3.68. The number of anilines is 3. The number of benzene rings is 2. The van der Waals surface area contributed by atoms with Gasteiger partial charge >= 0.3 is 0 Å². The van der Waals surface area contributed by atoms with Crippen LogP contribution in [-0.4, -0.2) is 17.9 Å². The van der Waals surface area contributed by atoms with E-state index in [1.165, 1.54) is 0 Å². The molecule has 1 amide bonds. The van der Waals surface area contributed by atoms with Gasteiger partial charge in [-0.15, -0.1) is 11.3 Å². The van der Waals surface area contributed by atoms with Crippen molar-refractivity contribution in [3.63, 3.8) is 0 Å². The summed E-state index contributed by atoms with van der Waals surface area (Å²) < 4.78 is 0. The third-order valence-corrected chi connectivity index (χ3v) is 5.80. The zero-order valence-electron chi connectivity index (χ0n) is 18.5. The standard InChI is InChI=1S/C25H31N3OS/c1-18(16-25(2,3)4)15-23(29)26-20-13-11-19(12-14-20)22-17-30-24(27-22)28(5)21-9-7-6-8-10-21/h6-14,17-18H,15-16H2,1-5H3,(H,26,29)/t18-/m1/s1. The SMILES string of the molecule is C[C@H](CC(=O)Nc1ccc(-c2csc(N(C)c3ccccc3)n2)cc1)CC(C)(C)C. The summed E-state index contributed by atoms with van der Waals surface area (Å²) in [7, 11) is 2.03. The van der Waals surface area contributed by atoms with Crippen molar-refractivity contribution in [3.05, 3.63) is 60.0 Å². The molecule has 0 aliphatic heterocycles. The van der Waals surface area contributed by atoms with Crippen LogP contribution in [0.1, 0.15) is 40.5 Å². The van der Waals surface area contributed by atoms with Crippen molar-refractivity contribution < 1.29 is 4.79 Å². The third-order valence-electron chi connectivity index (χ3n) is 4.88. The molecule has 1 aromatic heterocycles. The Kier molecular flexibility index (Phi) is 6.93. The summed E-state index contributed by atoms with van der Waals surface area (Å²) >= 11 is 1.62. The van der Waals surface area contributed by atoms with E-state index in [-0.39, 0.29) is 11.3 Å². The highest BCUT2D eigenvalue weighted by Gasteiger charge is 2.18. The smallest absolute Gasteiger partial charge is 0.224 e. The first-order chi connectivity index (χ1) is 14.2. The quantitative estimate of drug-likeness (QED) is 0.447. The Balaban J connectivity index is 1.61. The van der Waals surface area contributed by atoms with E-state index in [1.807, 2.05) is 49.5 Å². The van der Waals surface area contributed by atoms with Gasteiger partial charge in [-0.3, -0.25) is 4.79 Å². The van der Waals surface area contributed by atoms with Crippen molar-refractivity contribution in [2.75, 3.05) is 17.3 Å². The number of para-hydroxylation sites is 1. The maximum absolute atomic E-state index is 12.3. The van der Waals surface area contributed by atoms with Crippen molar-refractivity contribution in [2.45, 2.75) is 40.5 Å². The average molecular weight is 422 g/mol. The molecule has 158 valence electrons. The summed E-state index contributed by atoms with van der Waals surface area (Å²) in [5.41, 5.74) is 4.15. The van der Waals surface area contributed by atoms with E-state index in [1.54, 1.807) is 11.3 Å². The molecule has 1 N–H and O–H groups in total. The van der Waals surface area contributed by atoms with Crippen LogP contribution < -0.4 is 10.2 Å². The lowest BCUT2D eigenvalue weighted by Gasteiger charge is -2.22. The van der Waals surface area contributed by atoms with Gasteiger partial charge in [0.1, 0.15) is 0 Å². The normalized spacial score (nSPS) is 12.4. The number of nitrogens with zero attached hydrogens (tertiary/aromatic N) is 2. The monoisotopic (exact) mass is 421 g/mol. The van der Waals surface area contributed by atoms with Gasteiger partial charge in [-0.2, -0.15) is 0 Å². The van der Waals surface area contributed by atoms with Gasteiger partial charge in [0.2, 0.25) is 5.91 Å². The van der Waals surface area contributed by atoms with Crippen LogP contribution in [0.3, 0.4) is 0 Å². The second-order valence-electron chi connectivity index (χ2n) is 9.11. The zero-order valence-corrected chi connectivity index (χ0v) is 19.3. The van der Waals surface area contributed by atoms with Crippen LogP contribution in [-0.2, 0) is 4.79 Å². The van der Waals surface area contributed by atoms with E-state index in [4.69, 9.17) is 4.98 Å². The highest BCUT2D eigenvalue weighted by molar-refractivity contribution is 7.14. The first-order valence-electron chi connectivity index (χ1n) is 10.4. The van der Waals surface area contributed by atoms with Crippen molar-refractivity contribution in [3.8, 4) is 11.3 Å².